The topological polar surface area (TPSA) is 124 Å². The van der Waals surface area contributed by atoms with Crippen LogP contribution in [-0.4, -0.2) is 78.4 Å². The molecule has 256 valence electrons. The first kappa shape index (κ1) is 36.1. The van der Waals surface area contributed by atoms with Gasteiger partial charge in [-0.1, -0.05) is 29.8 Å². The number of rotatable bonds is 12. The minimum absolute atomic E-state index is 0.0166. The van der Waals surface area contributed by atoms with Gasteiger partial charge in [0.15, 0.2) is 6.73 Å². The lowest BCUT2D eigenvalue weighted by atomic mass is 10.1. The molecule has 1 heterocycles. The molecule has 0 spiro atoms. The zero-order valence-electron chi connectivity index (χ0n) is 27.7. The van der Waals surface area contributed by atoms with Gasteiger partial charge < -0.3 is 29.2 Å². The third kappa shape index (κ3) is 11.2. The van der Waals surface area contributed by atoms with Crippen molar-refractivity contribution in [3.63, 3.8) is 0 Å². The Morgan fingerprint density at radius 3 is 2.25 bits per heavy atom. The Bertz CT molecular complexity index is 1550. The smallest absolute Gasteiger partial charge is 0.410 e. The summed E-state index contributed by atoms with van der Waals surface area (Å²) in [6, 6.07) is 20.7. The summed E-state index contributed by atoms with van der Waals surface area (Å²) in [7, 11) is 0. The van der Waals surface area contributed by atoms with E-state index in [2.05, 4.69) is 5.32 Å². The van der Waals surface area contributed by atoms with E-state index in [1.54, 1.807) is 42.2 Å². The number of halogens is 1. The minimum atomic E-state index is -0.658. The Morgan fingerprint density at radius 1 is 0.917 bits per heavy atom. The molecule has 2 amide bonds. The SMILES string of the molecule is CCOC(=O)CN(COC(=O)c1cccc(NCc2ccc(OC3CCN(C(=O)OC(C)(C)C)CC3)cc2)c1)C(=O)c1ccc(Cl)cc1. The van der Waals surface area contributed by atoms with Gasteiger partial charge in [-0.2, -0.15) is 0 Å². The van der Waals surface area contributed by atoms with E-state index in [0.29, 0.717) is 30.3 Å². The van der Waals surface area contributed by atoms with Crippen molar-refractivity contribution in [3.8, 4) is 5.75 Å². The predicted molar refractivity (Wildman–Crippen MR) is 181 cm³/mol. The lowest BCUT2D eigenvalue weighted by Gasteiger charge is -2.33. The fraction of sp³-hybridized carbons (Fsp3) is 0.389. The average Bonchev–Trinajstić information content (AvgIpc) is 3.06. The second-order valence-electron chi connectivity index (χ2n) is 12.2. The van der Waals surface area contributed by atoms with Crippen molar-refractivity contribution in [1.82, 2.24) is 9.80 Å². The number of nitrogens with zero attached hydrogens (tertiary/aromatic N) is 2. The van der Waals surface area contributed by atoms with Crippen LogP contribution in [0.5, 0.6) is 5.75 Å². The normalized spacial score (nSPS) is 13.3. The van der Waals surface area contributed by atoms with Crippen molar-refractivity contribution in [1.29, 1.82) is 0 Å². The Labute approximate surface area is 286 Å². The minimum Gasteiger partial charge on any atom is -0.490 e. The maximum Gasteiger partial charge on any atom is 0.410 e. The van der Waals surface area contributed by atoms with Crippen LogP contribution in [-0.2, 0) is 25.5 Å². The molecule has 1 aliphatic heterocycles. The van der Waals surface area contributed by atoms with Crippen LogP contribution in [0, 0.1) is 0 Å². The first-order chi connectivity index (χ1) is 22.9. The summed E-state index contributed by atoms with van der Waals surface area (Å²) < 4.78 is 22.0. The molecule has 1 saturated heterocycles. The van der Waals surface area contributed by atoms with Gasteiger partial charge in [-0.15, -0.1) is 0 Å². The van der Waals surface area contributed by atoms with Crippen molar-refractivity contribution >= 4 is 41.2 Å². The predicted octanol–water partition coefficient (Wildman–Crippen LogP) is 6.55. The lowest BCUT2D eigenvalue weighted by Crippen LogP contribution is -2.44. The number of ether oxygens (including phenoxy) is 4. The lowest BCUT2D eigenvalue weighted by molar-refractivity contribution is -0.144. The standard InChI is InChI=1S/C36H42ClN3O8/c1-5-45-32(41)23-40(33(42)26-11-13-28(37)14-12-26)24-46-34(43)27-7-6-8-29(21-27)38-22-25-9-15-30(16-10-25)47-31-17-19-39(20-18-31)35(44)48-36(2,3)4/h6-16,21,31,38H,5,17-20,22-24H2,1-4H3. The molecule has 3 aromatic carbocycles. The summed E-state index contributed by atoms with van der Waals surface area (Å²) >= 11 is 5.93. The molecule has 12 heteroatoms. The van der Waals surface area contributed by atoms with Crippen molar-refractivity contribution in [2.75, 3.05) is 38.3 Å². The van der Waals surface area contributed by atoms with Gasteiger partial charge in [-0.3, -0.25) is 14.5 Å². The van der Waals surface area contributed by atoms with Gasteiger partial charge >= 0.3 is 18.0 Å². The summed E-state index contributed by atoms with van der Waals surface area (Å²) in [5, 5.41) is 3.76. The maximum absolute atomic E-state index is 13.1. The van der Waals surface area contributed by atoms with E-state index in [9.17, 15) is 19.2 Å². The first-order valence-corrected chi connectivity index (χ1v) is 16.2. The highest BCUT2D eigenvalue weighted by molar-refractivity contribution is 6.30. The molecule has 48 heavy (non-hydrogen) atoms. The Balaban J connectivity index is 1.27. The summed E-state index contributed by atoms with van der Waals surface area (Å²) in [6.07, 6.45) is 1.18. The summed E-state index contributed by atoms with van der Waals surface area (Å²) in [4.78, 5) is 53.3. The molecule has 0 saturated carbocycles. The number of benzene rings is 3. The fourth-order valence-corrected chi connectivity index (χ4v) is 4.98. The number of carbonyl (C=O) groups is 4. The molecule has 0 bridgehead atoms. The number of amides is 2. The number of carbonyl (C=O) groups excluding carboxylic acids is 4. The third-order valence-electron chi connectivity index (χ3n) is 7.27. The van der Waals surface area contributed by atoms with Crippen LogP contribution >= 0.6 is 11.6 Å². The highest BCUT2D eigenvalue weighted by Gasteiger charge is 2.28. The Hall–Kier alpha value is -4.77. The highest BCUT2D eigenvalue weighted by Crippen LogP contribution is 2.22. The number of hydrogen-bond donors (Lipinski definition) is 1. The Morgan fingerprint density at radius 2 is 1.60 bits per heavy atom. The molecule has 1 aliphatic rings. The summed E-state index contributed by atoms with van der Waals surface area (Å²) in [5.41, 5.74) is 1.74. The second kappa shape index (κ2) is 16.9. The van der Waals surface area contributed by atoms with Gasteiger partial charge in [0, 0.05) is 48.7 Å². The van der Waals surface area contributed by atoms with Gasteiger partial charge in [0.25, 0.3) is 5.91 Å². The van der Waals surface area contributed by atoms with E-state index in [-0.39, 0.29) is 36.5 Å². The largest absolute Gasteiger partial charge is 0.490 e. The zero-order chi connectivity index (χ0) is 34.7. The van der Waals surface area contributed by atoms with E-state index >= 15 is 0 Å². The zero-order valence-corrected chi connectivity index (χ0v) is 28.5. The van der Waals surface area contributed by atoms with Crippen LogP contribution in [0.4, 0.5) is 10.5 Å². The highest BCUT2D eigenvalue weighted by atomic mass is 35.5. The van der Waals surface area contributed by atoms with Crippen LogP contribution < -0.4 is 10.1 Å². The van der Waals surface area contributed by atoms with Gasteiger partial charge in [0.05, 0.1) is 12.2 Å². The number of anilines is 1. The fourth-order valence-electron chi connectivity index (χ4n) is 4.85. The van der Waals surface area contributed by atoms with E-state index < -0.39 is 30.2 Å². The van der Waals surface area contributed by atoms with Crippen LogP contribution in [0.25, 0.3) is 0 Å². The monoisotopic (exact) mass is 679 g/mol. The molecule has 0 atom stereocenters. The maximum atomic E-state index is 13.1. The number of nitrogens with one attached hydrogen (secondary N) is 1. The number of likely N-dealkylation sites (tertiary alicyclic amines) is 1. The number of esters is 2. The van der Waals surface area contributed by atoms with Crippen molar-refractivity contribution in [3.05, 3.63) is 94.5 Å². The van der Waals surface area contributed by atoms with E-state index in [0.717, 1.165) is 29.1 Å². The van der Waals surface area contributed by atoms with Crippen molar-refractivity contribution in [2.24, 2.45) is 0 Å². The van der Waals surface area contributed by atoms with E-state index in [1.807, 2.05) is 51.1 Å². The molecule has 3 aromatic rings. The molecule has 0 unspecified atom stereocenters. The molecule has 0 aromatic heterocycles. The second-order valence-corrected chi connectivity index (χ2v) is 12.7. The van der Waals surface area contributed by atoms with Gasteiger partial charge in [-0.05, 0) is 87.9 Å². The van der Waals surface area contributed by atoms with Crippen LogP contribution in [0.3, 0.4) is 0 Å². The number of hydrogen-bond acceptors (Lipinski definition) is 9. The number of piperidine rings is 1. The molecule has 0 aliphatic carbocycles. The van der Waals surface area contributed by atoms with Crippen LogP contribution in [0.1, 0.15) is 66.8 Å². The molecular formula is C36H42ClN3O8. The average molecular weight is 680 g/mol. The summed E-state index contributed by atoms with van der Waals surface area (Å²) in [5.74, 6) is -1.04. The molecule has 0 radical (unpaired) electrons. The van der Waals surface area contributed by atoms with Crippen molar-refractivity contribution in [2.45, 2.75) is 58.8 Å². The summed E-state index contributed by atoms with van der Waals surface area (Å²) in [6.45, 7) is 8.21. The van der Waals surface area contributed by atoms with Gasteiger partial charge in [0.1, 0.15) is 24.0 Å². The van der Waals surface area contributed by atoms with Gasteiger partial charge in [-0.25, -0.2) is 9.59 Å². The molecular weight excluding hydrogens is 638 g/mol. The van der Waals surface area contributed by atoms with Crippen LogP contribution in [0.2, 0.25) is 5.02 Å². The van der Waals surface area contributed by atoms with Crippen molar-refractivity contribution < 1.29 is 38.1 Å². The van der Waals surface area contributed by atoms with Gasteiger partial charge in [0.2, 0.25) is 0 Å². The molecule has 1 N–H and O–H groups in total. The molecule has 1 fully saturated rings. The first-order valence-electron chi connectivity index (χ1n) is 15.8. The van der Waals surface area contributed by atoms with Crippen LogP contribution in [0.15, 0.2) is 72.8 Å². The molecule has 4 rings (SSSR count). The Kier molecular flexibility index (Phi) is 12.7. The van der Waals surface area contributed by atoms with E-state index in [4.69, 9.17) is 30.5 Å². The molecule has 11 nitrogen and oxygen atoms in total. The van der Waals surface area contributed by atoms with E-state index in [1.165, 1.54) is 12.1 Å². The third-order valence-corrected chi connectivity index (χ3v) is 7.52. The quantitative estimate of drug-likeness (QED) is 0.129.